The first-order chi connectivity index (χ1) is 8.59. The standard InChI is InChI=1S/C17H27N2/c1-10-11(2)14-15(17(5,6)7)13(4)19(9)16(14)18(8)12(10)3/h1-9H3/q+1. The zero-order chi connectivity index (χ0) is 14.7. The van der Waals surface area contributed by atoms with Gasteiger partial charge in [-0.3, -0.25) is 0 Å². The van der Waals surface area contributed by atoms with Gasteiger partial charge in [0, 0.05) is 5.56 Å². The first kappa shape index (κ1) is 14.1. The second-order valence-electron chi connectivity index (χ2n) is 6.86. The minimum absolute atomic E-state index is 0.170. The molecule has 2 rings (SSSR count). The minimum Gasteiger partial charge on any atom is -0.234 e. The summed E-state index contributed by atoms with van der Waals surface area (Å²) in [5.41, 5.74) is 8.56. The van der Waals surface area contributed by atoms with E-state index >= 15 is 0 Å². The Balaban J connectivity index is 3.14. The molecule has 0 aliphatic heterocycles. The highest BCUT2D eigenvalue weighted by atomic mass is 15.1. The summed E-state index contributed by atoms with van der Waals surface area (Å²) in [5, 5.41) is 1.44. The molecular weight excluding hydrogens is 232 g/mol. The van der Waals surface area contributed by atoms with Crippen molar-refractivity contribution in [2.75, 3.05) is 0 Å². The van der Waals surface area contributed by atoms with Crippen LogP contribution in [0.25, 0.3) is 11.0 Å². The number of pyridine rings is 1. The Morgan fingerprint density at radius 1 is 0.947 bits per heavy atom. The molecule has 2 nitrogen and oxygen atoms in total. The molecule has 0 bridgehead atoms. The predicted molar refractivity (Wildman–Crippen MR) is 81.7 cm³/mol. The highest BCUT2D eigenvalue weighted by molar-refractivity contribution is 5.85. The van der Waals surface area contributed by atoms with Crippen LogP contribution in [0.4, 0.5) is 0 Å². The molecule has 104 valence electrons. The van der Waals surface area contributed by atoms with Crippen molar-refractivity contribution in [2.45, 2.75) is 53.9 Å². The molecular formula is C17H27N2+. The fraction of sp³-hybridized carbons (Fsp3) is 0.588. The van der Waals surface area contributed by atoms with Crippen molar-refractivity contribution in [3.05, 3.63) is 28.1 Å². The van der Waals surface area contributed by atoms with Gasteiger partial charge in [0.2, 0.25) is 0 Å². The van der Waals surface area contributed by atoms with Gasteiger partial charge in [0.1, 0.15) is 11.4 Å². The number of rotatable bonds is 0. The van der Waals surface area contributed by atoms with E-state index in [-0.39, 0.29) is 5.41 Å². The molecule has 0 fully saturated rings. The van der Waals surface area contributed by atoms with Crippen molar-refractivity contribution in [1.29, 1.82) is 0 Å². The second-order valence-corrected chi connectivity index (χ2v) is 6.86. The first-order valence-corrected chi connectivity index (χ1v) is 7.04. The molecule has 0 N–H and O–H groups in total. The highest BCUT2D eigenvalue weighted by Gasteiger charge is 2.31. The average molecular weight is 259 g/mol. The molecule has 0 saturated carbocycles. The number of fused-ring (bicyclic) bond motifs is 1. The molecule has 0 aromatic carbocycles. The van der Waals surface area contributed by atoms with Gasteiger partial charge in [-0.05, 0) is 44.2 Å². The molecule has 0 radical (unpaired) electrons. The molecule has 0 aliphatic carbocycles. The number of nitrogens with zero attached hydrogens (tertiary/aromatic N) is 2. The lowest BCUT2D eigenvalue weighted by atomic mass is 9.83. The monoisotopic (exact) mass is 259 g/mol. The van der Waals surface area contributed by atoms with E-state index in [0.29, 0.717) is 0 Å². The van der Waals surface area contributed by atoms with E-state index in [0.717, 1.165) is 0 Å². The summed E-state index contributed by atoms with van der Waals surface area (Å²) in [6.45, 7) is 15.9. The lowest BCUT2D eigenvalue weighted by molar-refractivity contribution is -0.654. The Morgan fingerprint density at radius 3 is 1.95 bits per heavy atom. The summed E-state index contributed by atoms with van der Waals surface area (Å²) in [6, 6.07) is 0. The Hall–Kier alpha value is -1.31. The molecule has 0 unspecified atom stereocenters. The van der Waals surface area contributed by atoms with Crippen molar-refractivity contribution in [2.24, 2.45) is 14.1 Å². The van der Waals surface area contributed by atoms with Crippen molar-refractivity contribution in [3.8, 4) is 0 Å². The zero-order valence-electron chi connectivity index (χ0n) is 13.9. The largest absolute Gasteiger partial charge is 0.289 e. The van der Waals surface area contributed by atoms with E-state index < -0.39 is 0 Å². The van der Waals surface area contributed by atoms with E-state index in [4.69, 9.17) is 0 Å². The van der Waals surface area contributed by atoms with Crippen molar-refractivity contribution >= 4 is 11.0 Å². The lowest BCUT2D eigenvalue weighted by Crippen LogP contribution is -2.36. The van der Waals surface area contributed by atoms with Gasteiger partial charge in [-0.1, -0.05) is 20.8 Å². The van der Waals surface area contributed by atoms with Gasteiger partial charge in [0.05, 0.1) is 19.5 Å². The van der Waals surface area contributed by atoms with Crippen LogP contribution >= 0.6 is 0 Å². The van der Waals surface area contributed by atoms with Crippen LogP contribution < -0.4 is 4.57 Å². The second kappa shape index (κ2) is 4.09. The van der Waals surface area contributed by atoms with Crippen LogP contribution in [-0.2, 0) is 19.5 Å². The molecule has 0 saturated heterocycles. The number of hydrogen-bond acceptors (Lipinski definition) is 0. The van der Waals surface area contributed by atoms with Crippen LogP contribution in [0, 0.1) is 27.7 Å². The van der Waals surface area contributed by atoms with E-state index in [1.54, 1.807) is 0 Å². The maximum absolute atomic E-state index is 2.34. The molecule has 2 heteroatoms. The van der Waals surface area contributed by atoms with Gasteiger partial charge >= 0.3 is 0 Å². The Morgan fingerprint density at radius 2 is 1.47 bits per heavy atom. The summed E-state index contributed by atoms with van der Waals surface area (Å²) < 4.78 is 4.68. The Labute approximate surface area is 117 Å². The maximum Gasteiger partial charge on any atom is 0.289 e. The third kappa shape index (κ3) is 1.80. The first-order valence-electron chi connectivity index (χ1n) is 7.04. The normalized spacial score (nSPS) is 12.5. The van der Waals surface area contributed by atoms with Crippen LogP contribution in [0.15, 0.2) is 0 Å². The molecule has 2 aromatic rings. The summed E-state index contributed by atoms with van der Waals surface area (Å²) in [4.78, 5) is 0. The molecule has 2 heterocycles. The fourth-order valence-corrected chi connectivity index (χ4v) is 3.32. The van der Waals surface area contributed by atoms with Crippen LogP contribution in [0.2, 0.25) is 0 Å². The maximum atomic E-state index is 2.34. The quantitative estimate of drug-likeness (QED) is 0.640. The smallest absolute Gasteiger partial charge is 0.234 e. The topological polar surface area (TPSA) is 8.81 Å². The van der Waals surface area contributed by atoms with Gasteiger partial charge in [-0.15, -0.1) is 0 Å². The zero-order valence-corrected chi connectivity index (χ0v) is 13.9. The number of aromatic nitrogens is 2. The third-order valence-electron chi connectivity index (χ3n) is 4.71. The van der Waals surface area contributed by atoms with Crippen molar-refractivity contribution in [1.82, 2.24) is 4.57 Å². The Bertz CT molecular complexity index is 667. The van der Waals surface area contributed by atoms with Gasteiger partial charge in [-0.2, -0.15) is 0 Å². The van der Waals surface area contributed by atoms with Crippen LogP contribution in [0.1, 0.15) is 48.8 Å². The van der Waals surface area contributed by atoms with Crippen molar-refractivity contribution in [3.63, 3.8) is 0 Å². The minimum atomic E-state index is 0.170. The summed E-state index contributed by atoms with van der Waals surface area (Å²) in [7, 11) is 4.36. The Kier molecular flexibility index (Phi) is 3.04. The number of aryl methyl sites for hydroxylation is 3. The average Bonchev–Trinajstić information content (AvgIpc) is 2.57. The lowest BCUT2D eigenvalue weighted by Gasteiger charge is -2.19. The number of hydrogen-bond donors (Lipinski definition) is 0. The van der Waals surface area contributed by atoms with E-state index in [1.807, 2.05) is 0 Å². The van der Waals surface area contributed by atoms with Gasteiger partial charge < -0.3 is 0 Å². The van der Waals surface area contributed by atoms with Crippen LogP contribution in [0.5, 0.6) is 0 Å². The summed E-state index contributed by atoms with van der Waals surface area (Å²) >= 11 is 0. The SMILES string of the molecule is Cc1c(C)c2c(C(C)(C)C)c(C)n(C)c2[n+](C)c1C. The van der Waals surface area contributed by atoms with Crippen LogP contribution in [0.3, 0.4) is 0 Å². The van der Waals surface area contributed by atoms with E-state index in [9.17, 15) is 0 Å². The van der Waals surface area contributed by atoms with Gasteiger partial charge in [0.25, 0.3) is 5.65 Å². The van der Waals surface area contributed by atoms with E-state index in [2.05, 4.69) is 71.7 Å². The molecule has 19 heavy (non-hydrogen) atoms. The summed E-state index contributed by atoms with van der Waals surface area (Å²) in [5.74, 6) is 0. The molecule has 0 aliphatic rings. The predicted octanol–water partition coefficient (Wildman–Crippen LogP) is 3.53. The van der Waals surface area contributed by atoms with Crippen molar-refractivity contribution < 1.29 is 4.57 Å². The van der Waals surface area contributed by atoms with Gasteiger partial charge in [0.15, 0.2) is 0 Å². The molecule has 2 aromatic heterocycles. The third-order valence-corrected chi connectivity index (χ3v) is 4.71. The molecule has 0 atom stereocenters. The molecule has 0 spiro atoms. The van der Waals surface area contributed by atoms with Gasteiger partial charge in [-0.25, -0.2) is 9.13 Å². The van der Waals surface area contributed by atoms with Crippen LogP contribution in [-0.4, -0.2) is 4.57 Å². The van der Waals surface area contributed by atoms with E-state index in [1.165, 1.54) is 39.1 Å². The molecule has 0 amide bonds. The fourth-order valence-electron chi connectivity index (χ4n) is 3.32. The summed E-state index contributed by atoms with van der Waals surface area (Å²) in [6.07, 6.45) is 0. The highest BCUT2D eigenvalue weighted by Crippen LogP contribution is 2.36.